The molecule has 0 aliphatic carbocycles. The third-order valence-corrected chi connectivity index (χ3v) is 4.04. The molecule has 0 fully saturated rings. The number of hydrogen-bond donors (Lipinski definition) is 2. The molecule has 0 saturated heterocycles. The molecule has 2 N–H and O–H groups in total. The average Bonchev–Trinajstić information content (AvgIpc) is 2.47. The predicted octanol–water partition coefficient (Wildman–Crippen LogP) is 1.30. The van der Waals surface area contributed by atoms with Crippen LogP contribution in [0, 0.1) is 6.92 Å². The van der Waals surface area contributed by atoms with E-state index in [9.17, 15) is 9.59 Å². The highest BCUT2D eigenvalue weighted by Gasteiger charge is 2.14. The van der Waals surface area contributed by atoms with Crippen molar-refractivity contribution in [3.8, 4) is 0 Å². The van der Waals surface area contributed by atoms with Gasteiger partial charge in [-0.05, 0) is 31.0 Å². The molecular formula is C17H22ClN2O3+. The van der Waals surface area contributed by atoms with Crippen LogP contribution in [-0.2, 0) is 11.3 Å². The standard InChI is InChI=1S/C17H21ClN2O3/c1-4-5-19-16(21)10-20(3)9-12-7-17(22)23-15-6-11(2)14(18)8-13(12)15/h6-8H,4-5,9-10H2,1-3H3,(H,19,21)/p+1. The molecule has 2 rings (SSSR count). The van der Waals surface area contributed by atoms with Gasteiger partial charge in [0, 0.05) is 28.6 Å². The summed E-state index contributed by atoms with van der Waals surface area (Å²) in [5.41, 5.74) is 1.83. The van der Waals surface area contributed by atoms with E-state index < -0.39 is 5.63 Å². The van der Waals surface area contributed by atoms with Gasteiger partial charge in [0.25, 0.3) is 5.91 Å². The maximum atomic E-state index is 11.8. The van der Waals surface area contributed by atoms with Gasteiger partial charge in [-0.1, -0.05) is 18.5 Å². The summed E-state index contributed by atoms with van der Waals surface area (Å²) in [6, 6.07) is 5.06. The Bertz CT molecular complexity index is 770. The van der Waals surface area contributed by atoms with E-state index in [0.717, 1.165) is 27.8 Å². The van der Waals surface area contributed by atoms with Gasteiger partial charge in [-0.3, -0.25) is 4.79 Å². The van der Waals surface area contributed by atoms with E-state index >= 15 is 0 Å². The number of fused-ring (bicyclic) bond motifs is 1. The Kier molecular flexibility index (Phi) is 5.80. The van der Waals surface area contributed by atoms with E-state index in [1.54, 1.807) is 6.07 Å². The van der Waals surface area contributed by atoms with E-state index in [2.05, 4.69) is 5.32 Å². The van der Waals surface area contributed by atoms with Gasteiger partial charge in [0.05, 0.1) is 7.05 Å². The average molecular weight is 338 g/mol. The normalized spacial score (nSPS) is 12.3. The Morgan fingerprint density at radius 3 is 2.78 bits per heavy atom. The lowest BCUT2D eigenvalue weighted by Gasteiger charge is -2.15. The van der Waals surface area contributed by atoms with Gasteiger partial charge in [-0.25, -0.2) is 4.79 Å². The zero-order valence-electron chi connectivity index (χ0n) is 13.7. The smallest absolute Gasteiger partial charge is 0.336 e. The van der Waals surface area contributed by atoms with Crippen LogP contribution in [0.25, 0.3) is 11.0 Å². The van der Waals surface area contributed by atoms with Crippen molar-refractivity contribution in [1.82, 2.24) is 5.32 Å². The number of nitrogens with one attached hydrogen (secondary N) is 2. The molecule has 0 aliphatic rings. The van der Waals surface area contributed by atoms with Crippen LogP contribution in [0.1, 0.15) is 24.5 Å². The van der Waals surface area contributed by atoms with Crippen molar-refractivity contribution < 1.29 is 14.1 Å². The molecule has 0 radical (unpaired) electrons. The summed E-state index contributed by atoms with van der Waals surface area (Å²) in [5, 5.41) is 4.30. The van der Waals surface area contributed by atoms with Crippen LogP contribution in [0.15, 0.2) is 27.4 Å². The minimum absolute atomic E-state index is 0.00509. The second-order valence-electron chi connectivity index (χ2n) is 5.85. The van der Waals surface area contributed by atoms with Gasteiger partial charge in [0.1, 0.15) is 12.1 Å². The van der Waals surface area contributed by atoms with E-state index in [1.807, 2.05) is 27.0 Å². The number of halogens is 1. The van der Waals surface area contributed by atoms with Crippen LogP contribution in [0.2, 0.25) is 5.02 Å². The van der Waals surface area contributed by atoms with E-state index in [0.29, 0.717) is 30.2 Å². The van der Waals surface area contributed by atoms with E-state index in [4.69, 9.17) is 16.0 Å². The first-order valence-corrected chi connectivity index (χ1v) is 8.09. The summed E-state index contributed by atoms with van der Waals surface area (Å²) in [6.07, 6.45) is 0.910. The fourth-order valence-electron chi connectivity index (χ4n) is 2.48. The van der Waals surface area contributed by atoms with Crippen molar-refractivity contribution in [1.29, 1.82) is 0 Å². The minimum atomic E-state index is -0.391. The third kappa shape index (κ3) is 4.56. The summed E-state index contributed by atoms with van der Waals surface area (Å²) >= 11 is 6.19. The molecule has 1 heterocycles. The summed E-state index contributed by atoms with van der Waals surface area (Å²) in [6.45, 7) is 5.45. The maximum Gasteiger partial charge on any atom is 0.336 e. The molecule has 0 saturated carbocycles. The highest BCUT2D eigenvalue weighted by molar-refractivity contribution is 6.32. The molecule has 124 valence electrons. The number of benzene rings is 1. The van der Waals surface area contributed by atoms with E-state index in [-0.39, 0.29) is 5.91 Å². The molecular weight excluding hydrogens is 316 g/mol. The lowest BCUT2D eigenvalue weighted by molar-refractivity contribution is -0.885. The van der Waals surface area contributed by atoms with Gasteiger partial charge in [-0.15, -0.1) is 0 Å². The molecule has 1 amide bonds. The van der Waals surface area contributed by atoms with Gasteiger partial charge >= 0.3 is 5.63 Å². The highest BCUT2D eigenvalue weighted by Crippen LogP contribution is 2.24. The lowest BCUT2D eigenvalue weighted by Crippen LogP contribution is -3.08. The zero-order valence-corrected chi connectivity index (χ0v) is 14.4. The molecule has 1 aromatic carbocycles. The van der Waals surface area contributed by atoms with Gasteiger partial charge < -0.3 is 14.6 Å². The van der Waals surface area contributed by atoms with Crippen molar-refractivity contribution in [3.05, 3.63) is 44.8 Å². The van der Waals surface area contributed by atoms with Crippen molar-refractivity contribution in [2.75, 3.05) is 20.1 Å². The van der Waals surface area contributed by atoms with Crippen LogP contribution in [0.3, 0.4) is 0 Å². The first-order chi connectivity index (χ1) is 10.9. The molecule has 5 nitrogen and oxygen atoms in total. The quantitative estimate of drug-likeness (QED) is 0.781. The molecule has 2 aromatic rings. The Balaban J connectivity index is 2.24. The highest BCUT2D eigenvalue weighted by atomic mass is 35.5. The number of rotatable bonds is 6. The number of hydrogen-bond acceptors (Lipinski definition) is 3. The monoisotopic (exact) mass is 337 g/mol. The lowest BCUT2D eigenvalue weighted by atomic mass is 10.1. The van der Waals surface area contributed by atoms with Crippen molar-refractivity contribution in [2.45, 2.75) is 26.8 Å². The number of likely N-dealkylation sites (N-methyl/N-ethyl adjacent to an activating group) is 1. The Labute approximate surface area is 140 Å². The summed E-state index contributed by atoms with van der Waals surface area (Å²) in [7, 11) is 1.92. The van der Waals surface area contributed by atoms with Crippen LogP contribution >= 0.6 is 11.6 Å². The molecule has 1 aromatic heterocycles. The van der Waals surface area contributed by atoms with Crippen LogP contribution < -0.4 is 15.8 Å². The largest absolute Gasteiger partial charge is 0.423 e. The first kappa shape index (κ1) is 17.5. The number of amides is 1. The fourth-order valence-corrected chi connectivity index (χ4v) is 2.65. The number of aryl methyl sites for hydroxylation is 1. The van der Waals surface area contributed by atoms with Crippen LogP contribution in [-0.4, -0.2) is 26.0 Å². The molecule has 1 unspecified atom stereocenters. The van der Waals surface area contributed by atoms with Gasteiger partial charge in [0.2, 0.25) is 0 Å². The summed E-state index contributed by atoms with van der Waals surface area (Å²) in [4.78, 5) is 24.5. The molecule has 6 heteroatoms. The van der Waals surface area contributed by atoms with Crippen molar-refractivity contribution in [2.24, 2.45) is 0 Å². The molecule has 0 spiro atoms. The fraction of sp³-hybridized carbons (Fsp3) is 0.412. The Hall–Kier alpha value is -1.85. The second-order valence-corrected chi connectivity index (χ2v) is 6.26. The number of carbonyl (C=O) groups excluding carboxylic acids is 1. The van der Waals surface area contributed by atoms with Crippen LogP contribution in [0.4, 0.5) is 0 Å². The molecule has 23 heavy (non-hydrogen) atoms. The SMILES string of the molecule is CCCNC(=O)C[NH+](C)Cc1cc(=O)oc2cc(C)c(Cl)cc12. The van der Waals surface area contributed by atoms with Crippen LogP contribution in [0.5, 0.6) is 0 Å². The zero-order chi connectivity index (χ0) is 17.0. The predicted molar refractivity (Wildman–Crippen MR) is 91.0 cm³/mol. The van der Waals surface area contributed by atoms with E-state index in [1.165, 1.54) is 6.07 Å². The minimum Gasteiger partial charge on any atom is -0.423 e. The summed E-state index contributed by atoms with van der Waals surface area (Å²) < 4.78 is 5.25. The number of quaternary nitrogens is 1. The van der Waals surface area contributed by atoms with Gasteiger partial charge in [0.15, 0.2) is 6.54 Å². The maximum absolute atomic E-state index is 11.8. The number of carbonyl (C=O) groups is 1. The second kappa shape index (κ2) is 7.62. The molecule has 0 bridgehead atoms. The van der Waals surface area contributed by atoms with Gasteiger partial charge in [-0.2, -0.15) is 0 Å². The Morgan fingerprint density at radius 2 is 2.09 bits per heavy atom. The molecule has 1 atom stereocenters. The molecule has 0 aliphatic heterocycles. The Morgan fingerprint density at radius 1 is 1.35 bits per heavy atom. The third-order valence-electron chi connectivity index (χ3n) is 3.64. The van der Waals surface area contributed by atoms with Crippen molar-refractivity contribution >= 4 is 28.5 Å². The first-order valence-electron chi connectivity index (χ1n) is 7.71. The van der Waals surface area contributed by atoms with Crippen molar-refractivity contribution in [3.63, 3.8) is 0 Å². The summed E-state index contributed by atoms with van der Waals surface area (Å²) in [5.74, 6) is 0.00509. The topological polar surface area (TPSA) is 63.8 Å².